The van der Waals surface area contributed by atoms with E-state index in [0.717, 1.165) is 11.3 Å². The molecule has 0 saturated carbocycles. The number of nitrogens with one attached hydrogen (secondary N) is 1. The first-order valence-corrected chi connectivity index (χ1v) is 8.78. The number of para-hydroxylation sites is 2. The first-order chi connectivity index (χ1) is 13.6. The summed E-state index contributed by atoms with van der Waals surface area (Å²) in [5, 5.41) is 2.82. The minimum atomic E-state index is -0.568. The summed E-state index contributed by atoms with van der Waals surface area (Å²) in [6.45, 7) is 0.146. The summed E-state index contributed by atoms with van der Waals surface area (Å²) in [6, 6.07) is 17.8. The number of anilines is 2. The molecule has 2 aliphatic heterocycles. The SMILES string of the molecule is O=C1Nc2ccccc2/C1=C\c1ccc(CN2C(=O)C(=O)c3ccccc32)o1. The van der Waals surface area contributed by atoms with E-state index in [1.54, 1.807) is 42.5 Å². The standard InChI is InChI=1S/C22H14N2O4/c25-20-16-6-2-4-8-19(16)24(22(20)27)12-14-10-9-13(28-14)11-17-15-5-1-3-7-18(15)23-21(17)26/h1-11H,12H2,(H,23,26)/b17-11+. The molecule has 0 aliphatic carbocycles. The molecule has 0 radical (unpaired) electrons. The molecule has 0 saturated heterocycles. The molecule has 136 valence electrons. The zero-order valence-electron chi connectivity index (χ0n) is 14.6. The topological polar surface area (TPSA) is 79.6 Å². The molecule has 5 rings (SSSR count). The summed E-state index contributed by atoms with van der Waals surface area (Å²) < 4.78 is 5.81. The molecule has 1 aromatic heterocycles. The number of hydrogen-bond acceptors (Lipinski definition) is 4. The minimum absolute atomic E-state index is 0.146. The minimum Gasteiger partial charge on any atom is -0.460 e. The predicted molar refractivity (Wildman–Crippen MR) is 104 cm³/mol. The summed E-state index contributed by atoms with van der Waals surface area (Å²) in [6.07, 6.45) is 1.68. The van der Waals surface area contributed by atoms with Gasteiger partial charge in [-0.3, -0.25) is 19.3 Å². The molecule has 6 nitrogen and oxygen atoms in total. The van der Waals surface area contributed by atoms with Crippen LogP contribution in [0.1, 0.15) is 27.4 Å². The van der Waals surface area contributed by atoms with Crippen molar-refractivity contribution in [2.24, 2.45) is 0 Å². The third kappa shape index (κ3) is 2.46. The average Bonchev–Trinajstić information content (AvgIpc) is 3.35. The lowest BCUT2D eigenvalue weighted by atomic mass is 10.1. The number of nitrogens with zero attached hydrogens (tertiary/aromatic N) is 1. The van der Waals surface area contributed by atoms with Gasteiger partial charge in [0.15, 0.2) is 0 Å². The molecule has 28 heavy (non-hydrogen) atoms. The van der Waals surface area contributed by atoms with Gasteiger partial charge in [-0.25, -0.2) is 0 Å². The molecule has 0 spiro atoms. The van der Waals surface area contributed by atoms with Crippen molar-refractivity contribution < 1.29 is 18.8 Å². The first kappa shape index (κ1) is 16.3. The Kier molecular flexibility index (Phi) is 3.52. The molecule has 2 aromatic carbocycles. The fourth-order valence-electron chi connectivity index (χ4n) is 3.54. The highest BCUT2D eigenvalue weighted by atomic mass is 16.3. The van der Waals surface area contributed by atoms with Crippen molar-refractivity contribution in [3.8, 4) is 0 Å². The second-order valence-electron chi connectivity index (χ2n) is 6.60. The van der Waals surface area contributed by atoms with Crippen LogP contribution < -0.4 is 10.2 Å². The lowest BCUT2D eigenvalue weighted by molar-refractivity contribution is -0.114. The third-order valence-corrected chi connectivity index (χ3v) is 4.87. The molecule has 0 bridgehead atoms. The van der Waals surface area contributed by atoms with Gasteiger partial charge < -0.3 is 9.73 Å². The quantitative estimate of drug-likeness (QED) is 0.565. The van der Waals surface area contributed by atoms with E-state index in [4.69, 9.17) is 4.42 Å². The van der Waals surface area contributed by atoms with Gasteiger partial charge in [0.25, 0.3) is 17.6 Å². The highest BCUT2D eigenvalue weighted by Gasteiger charge is 2.35. The van der Waals surface area contributed by atoms with Gasteiger partial charge in [-0.2, -0.15) is 0 Å². The zero-order valence-corrected chi connectivity index (χ0v) is 14.6. The number of fused-ring (bicyclic) bond motifs is 2. The van der Waals surface area contributed by atoms with Crippen molar-refractivity contribution in [2.45, 2.75) is 6.54 Å². The molecular weight excluding hydrogens is 356 g/mol. The number of carbonyl (C=O) groups excluding carboxylic acids is 3. The fraction of sp³-hybridized carbons (Fsp3) is 0.0455. The van der Waals surface area contributed by atoms with Gasteiger partial charge in [-0.1, -0.05) is 30.3 Å². The van der Waals surface area contributed by atoms with Crippen LogP contribution in [0.25, 0.3) is 11.6 Å². The van der Waals surface area contributed by atoms with E-state index >= 15 is 0 Å². The number of carbonyl (C=O) groups is 3. The van der Waals surface area contributed by atoms with Crippen LogP contribution in [0.2, 0.25) is 0 Å². The highest BCUT2D eigenvalue weighted by molar-refractivity contribution is 6.52. The molecule has 2 aliphatic rings. The van der Waals surface area contributed by atoms with Crippen molar-refractivity contribution >= 4 is 40.6 Å². The van der Waals surface area contributed by atoms with Gasteiger partial charge in [0, 0.05) is 11.3 Å². The molecule has 2 amide bonds. The summed E-state index contributed by atoms with van der Waals surface area (Å²) in [4.78, 5) is 38.0. The van der Waals surface area contributed by atoms with E-state index in [2.05, 4.69) is 5.32 Å². The zero-order chi connectivity index (χ0) is 19.3. The van der Waals surface area contributed by atoms with Crippen LogP contribution in [0.5, 0.6) is 0 Å². The maximum atomic E-state index is 12.3. The Morgan fingerprint density at radius 3 is 2.50 bits per heavy atom. The summed E-state index contributed by atoms with van der Waals surface area (Å²) in [5.41, 5.74) is 3.09. The van der Waals surface area contributed by atoms with Crippen LogP contribution in [-0.2, 0) is 16.1 Å². The Balaban J connectivity index is 1.43. The van der Waals surface area contributed by atoms with E-state index in [9.17, 15) is 14.4 Å². The Morgan fingerprint density at radius 2 is 1.64 bits per heavy atom. The molecule has 0 unspecified atom stereocenters. The lowest BCUT2D eigenvalue weighted by Crippen LogP contribution is -2.28. The molecule has 0 atom stereocenters. The predicted octanol–water partition coefficient (Wildman–Crippen LogP) is 3.50. The fourth-order valence-corrected chi connectivity index (χ4v) is 3.54. The number of rotatable bonds is 3. The maximum Gasteiger partial charge on any atom is 0.299 e. The summed E-state index contributed by atoms with van der Waals surface area (Å²) >= 11 is 0. The number of ketones is 1. The van der Waals surface area contributed by atoms with Crippen molar-refractivity contribution in [1.82, 2.24) is 0 Å². The largest absolute Gasteiger partial charge is 0.460 e. The molecule has 6 heteroatoms. The number of hydrogen-bond donors (Lipinski definition) is 1. The van der Waals surface area contributed by atoms with Crippen LogP contribution in [0.3, 0.4) is 0 Å². The number of Topliss-reactive ketones (excluding diaryl/α,β-unsaturated/α-hetero) is 1. The summed E-state index contributed by atoms with van der Waals surface area (Å²) in [7, 11) is 0. The van der Waals surface area contributed by atoms with E-state index in [1.807, 2.05) is 24.3 Å². The molecule has 0 fully saturated rings. The van der Waals surface area contributed by atoms with Crippen LogP contribution >= 0.6 is 0 Å². The van der Waals surface area contributed by atoms with Gasteiger partial charge in [0.05, 0.1) is 23.4 Å². The Morgan fingerprint density at radius 1 is 0.893 bits per heavy atom. The second kappa shape index (κ2) is 6.06. The maximum absolute atomic E-state index is 12.3. The van der Waals surface area contributed by atoms with Gasteiger partial charge >= 0.3 is 0 Å². The van der Waals surface area contributed by atoms with Gasteiger partial charge in [0.2, 0.25) is 0 Å². The lowest BCUT2D eigenvalue weighted by Gasteiger charge is -2.14. The van der Waals surface area contributed by atoms with E-state index in [1.165, 1.54) is 4.90 Å². The Bertz CT molecular complexity index is 1190. The van der Waals surface area contributed by atoms with E-state index in [0.29, 0.717) is 28.3 Å². The Labute approximate surface area is 160 Å². The normalized spacial score (nSPS) is 16.5. The van der Waals surface area contributed by atoms with Crippen LogP contribution in [-0.4, -0.2) is 17.6 Å². The third-order valence-electron chi connectivity index (χ3n) is 4.87. The van der Waals surface area contributed by atoms with E-state index in [-0.39, 0.29) is 12.5 Å². The molecule has 1 N–H and O–H groups in total. The average molecular weight is 370 g/mol. The van der Waals surface area contributed by atoms with Crippen molar-refractivity contribution in [3.63, 3.8) is 0 Å². The van der Waals surface area contributed by atoms with Crippen LogP contribution in [0.15, 0.2) is 65.1 Å². The first-order valence-electron chi connectivity index (χ1n) is 8.78. The monoisotopic (exact) mass is 370 g/mol. The summed E-state index contributed by atoms with van der Waals surface area (Å²) in [5.74, 6) is -0.238. The number of benzene rings is 2. The number of furan rings is 1. The van der Waals surface area contributed by atoms with Crippen molar-refractivity contribution in [3.05, 3.63) is 83.3 Å². The molecule has 3 aromatic rings. The highest BCUT2D eigenvalue weighted by Crippen LogP contribution is 2.34. The van der Waals surface area contributed by atoms with Gasteiger partial charge in [0.1, 0.15) is 11.5 Å². The van der Waals surface area contributed by atoms with Crippen molar-refractivity contribution in [1.29, 1.82) is 0 Å². The van der Waals surface area contributed by atoms with Gasteiger partial charge in [-0.15, -0.1) is 0 Å². The van der Waals surface area contributed by atoms with Gasteiger partial charge in [-0.05, 0) is 36.4 Å². The van der Waals surface area contributed by atoms with Crippen LogP contribution in [0, 0.1) is 0 Å². The van der Waals surface area contributed by atoms with E-state index < -0.39 is 11.7 Å². The second-order valence-corrected chi connectivity index (χ2v) is 6.60. The smallest absolute Gasteiger partial charge is 0.299 e. The molecule has 3 heterocycles. The number of amides is 2. The Hall–Kier alpha value is -3.93. The van der Waals surface area contributed by atoms with Crippen LogP contribution in [0.4, 0.5) is 11.4 Å². The van der Waals surface area contributed by atoms with Crippen molar-refractivity contribution in [2.75, 3.05) is 10.2 Å². The molecular formula is C22H14N2O4.